The molecule has 1 heterocycles. The molecule has 0 saturated carbocycles. The second-order valence-corrected chi connectivity index (χ2v) is 5.53. The van der Waals surface area contributed by atoms with Gasteiger partial charge in [0.05, 0.1) is 5.38 Å². The zero-order valence-electron chi connectivity index (χ0n) is 8.69. The Morgan fingerprint density at radius 3 is 2.50 bits per heavy atom. The summed E-state index contributed by atoms with van der Waals surface area (Å²) in [4.78, 5) is 2.62. The van der Waals surface area contributed by atoms with E-state index in [9.17, 15) is 0 Å². The highest BCUT2D eigenvalue weighted by molar-refractivity contribution is 7.99. The minimum atomic E-state index is 0.0901. The molecule has 0 aromatic heterocycles. The van der Waals surface area contributed by atoms with Gasteiger partial charge in [0.2, 0.25) is 0 Å². The molecule has 0 saturated heterocycles. The molecule has 2 aromatic carbocycles. The monoisotopic (exact) mass is 246 g/mol. The average molecular weight is 247 g/mol. The van der Waals surface area contributed by atoms with Gasteiger partial charge in [0.25, 0.3) is 0 Å². The number of hydrogen-bond donors (Lipinski definition) is 0. The van der Waals surface area contributed by atoms with Crippen LogP contribution in [0.1, 0.15) is 16.5 Å². The van der Waals surface area contributed by atoms with Crippen LogP contribution in [0.3, 0.4) is 0 Å². The lowest BCUT2D eigenvalue weighted by atomic mass is 10.0. The maximum absolute atomic E-state index is 6.47. The topological polar surface area (TPSA) is 0 Å². The summed E-state index contributed by atoms with van der Waals surface area (Å²) >= 11 is 8.29. The van der Waals surface area contributed by atoms with Crippen LogP contribution in [0.15, 0.2) is 58.3 Å². The van der Waals surface area contributed by atoms with E-state index >= 15 is 0 Å². The molecule has 0 spiro atoms. The number of alkyl halides is 1. The van der Waals surface area contributed by atoms with Gasteiger partial charge >= 0.3 is 0 Å². The van der Waals surface area contributed by atoms with Crippen LogP contribution in [0.25, 0.3) is 0 Å². The lowest BCUT2D eigenvalue weighted by molar-refractivity contribution is 0.891. The van der Waals surface area contributed by atoms with Crippen LogP contribution in [-0.4, -0.2) is 0 Å². The third-order valence-corrected chi connectivity index (χ3v) is 4.45. The molecule has 1 aliphatic rings. The summed E-state index contributed by atoms with van der Waals surface area (Å²) in [7, 11) is 0. The normalized spacial score (nSPS) is 18.4. The Labute approximate surface area is 105 Å². The molecular weight excluding hydrogens is 236 g/mol. The van der Waals surface area contributed by atoms with Crippen molar-refractivity contribution < 1.29 is 0 Å². The summed E-state index contributed by atoms with van der Waals surface area (Å²) < 4.78 is 0. The maximum atomic E-state index is 6.47. The van der Waals surface area contributed by atoms with Crippen LogP contribution in [0, 0.1) is 0 Å². The lowest BCUT2D eigenvalue weighted by Crippen LogP contribution is -1.94. The fraction of sp³-hybridized carbons (Fsp3) is 0.143. The van der Waals surface area contributed by atoms with Crippen molar-refractivity contribution in [3.8, 4) is 0 Å². The average Bonchev–Trinajstić information content (AvgIpc) is 2.45. The predicted octanol–water partition coefficient (Wildman–Crippen LogP) is 4.67. The van der Waals surface area contributed by atoms with Crippen molar-refractivity contribution >= 4 is 23.4 Å². The van der Waals surface area contributed by atoms with E-state index in [0.29, 0.717) is 0 Å². The van der Waals surface area contributed by atoms with Crippen molar-refractivity contribution in [1.82, 2.24) is 0 Å². The van der Waals surface area contributed by atoms with Crippen molar-refractivity contribution in [3.05, 3.63) is 59.7 Å². The van der Waals surface area contributed by atoms with Gasteiger partial charge in [-0.1, -0.05) is 48.2 Å². The van der Waals surface area contributed by atoms with Crippen LogP contribution >= 0.6 is 23.4 Å². The summed E-state index contributed by atoms with van der Waals surface area (Å²) in [5.41, 5.74) is 2.61. The minimum Gasteiger partial charge on any atom is -0.117 e. The fourth-order valence-electron chi connectivity index (χ4n) is 2.03. The number of fused-ring (bicyclic) bond motifs is 2. The van der Waals surface area contributed by atoms with Gasteiger partial charge in [-0.2, -0.15) is 0 Å². The summed E-state index contributed by atoms with van der Waals surface area (Å²) in [6.45, 7) is 0. The third kappa shape index (κ3) is 1.74. The number of benzene rings is 2. The molecule has 0 unspecified atom stereocenters. The van der Waals surface area contributed by atoms with Gasteiger partial charge in [-0.15, -0.1) is 11.6 Å². The highest BCUT2D eigenvalue weighted by Crippen LogP contribution is 2.42. The molecular formula is C14H11ClS. The van der Waals surface area contributed by atoms with Gasteiger partial charge in [-0.05, 0) is 29.7 Å². The molecule has 80 valence electrons. The SMILES string of the molecule is Cl[C@@H]1Cc2ccccc2Sc2ccccc21. The van der Waals surface area contributed by atoms with Gasteiger partial charge in [-0.25, -0.2) is 0 Å². The van der Waals surface area contributed by atoms with E-state index in [0.717, 1.165) is 6.42 Å². The van der Waals surface area contributed by atoms with Crippen LogP contribution in [0.5, 0.6) is 0 Å². The second-order valence-electron chi connectivity index (χ2n) is 3.92. The molecule has 0 aliphatic carbocycles. The molecule has 0 nitrogen and oxygen atoms in total. The summed E-state index contributed by atoms with van der Waals surface area (Å²) in [6, 6.07) is 16.9. The molecule has 3 rings (SSSR count). The zero-order valence-corrected chi connectivity index (χ0v) is 10.3. The van der Waals surface area contributed by atoms with E-state index in [4.69, 9.17) is 11.6 Å². The van der Waals surface area contributed by atoms with Crippen molar-refractivity contribution in [3.63, 3.8) is 0 Å². The van der Waals surface area contributed by atoms with Crippen molar-refractivity contribution in [2.75, 3.05) is 0 Å². The first kappa shape index (κ1) is 10.2. The Kier molecular flexibility index (Phi) is 2.66. The molecule has 0 amide bonds. The Morgan fingerprint density at radius 2 is 1.62 bits per heavy atom. The number of halogens is 1. The molecule has 1 aliphatic heterocycles. The van der Waals surface area contributed by atoms with Crippen LogP contribution < -0.4 is 0 Å². The Bertz CT molecular complexity index is 522. The Balaban J connectivity index is 2.15. The summed E-state index contributed by atoms with van der Waals surface area (Å²) in [6.07, 6.45) is 0.918. The van der Waals surface area contributed by atoms with Crippen LogP contribution in [0.2, 0.25) is 0 Å². The molecule has 16 heavy (non-hydrogen) atoms. The predicted molar refractivity (Wildman–Crippen MR) is 69.3 cm³/mol. The van der Waals surface area contributed by atoms with E-state index in [2.05, 4.69) is 48.5 Å². The smallest absolute Gasteiger partial charge is 0.0637 e. The third-order valence-electron chi connectivity index (χ3n) is 2.85. The van der Waals surface area contributed by atoms with E-state index in [1.807, 2.05) is 11.8 Å². The molecule has 0 radical (unpaired) electrons. The van der Waals surface area contributed by atoms with Gasteiger partial charge in [0.1, 0.15) is 0 Å². The van der Waals surface area contributed by atoms with E-state index in [1.54, 1.807) is 0 Å². The van der Waals surface area contributed by atoms with Gasteiger partial charge in [0.15, 0.2) is 0 Å². The zero-order chi connectivity index (χ0) is 11.0. The Hall–Kier alpha value is -0.920. The fourth-order valence-corrected chi connectivity index (χ4v) is 3.59. The summed E-state index contributed by atoms with van der Waals surface area (Å²) in [5.74, 6) is 0. The molecule has 0 bridgehead atoms. The van der Waals surface area contributed by atoms with Gasteiger partial charge < -0.3 is 0 Å². The lowest BCUT2D eigenvalue weighted by Gasteiger charge is -2.08. The standard InChI is InChI=1S/C14H11ClS/c15-12-9-10-5-1-3-7-13(10)16-14-8-4-2-6-11(12)14/h1-8,12H,9H2/t12-/m1/s1. The van der Waals surface area contributed by atoms with Crippen molar-refractivity contribution in [2.24, 2.45) is 0 Å². The first-order chi connectivity index (χ1) is 7.84. The molecule has 0 fully saturated rings. The maximum Gasteiger partial charge on any atom is 0.0637 e. The van der Waals surface area contributed by atoms with Crippen molar-refractivity contribution in [1.29, 1.82) is 0 Å². The number of rotatable bonds is 0. The van der Waals surface area contributed by atoms with Crippen molar-refractivity contribution in [2.45, 2.75) is 21.6 Å². The molecule has 0 N–H and O–H groups in total. The highest BCUT2D eigenvalue weighted by Gasteiger charge is 2.19. The van der Waals surface area contributed by atoms with Gasteiger partial charge in [-0.3, -0.25) is 0 Å². The first-order valence-electron chi connectivity index (χ1n) is 5.33. The highest BCUT2D eigenvalue weighted by atomic mass is 35.5. The van der Waals surface area contributed by atoms with E-state index in [1.165, 1.54) is 20.9 Å². The van der Waals surface area contributed by atoms with E-state index < -0.39 is 0 Å². The quantitative estimate of drug-likeness (QED) is 0.609. The largest absolute Gasteiger partial charge is 0.117 e. The first-order valence-corrected chi connectivity index (χ1v) is 6.58. The number of hydrogen-bond acceptors (Lipinski definition) is 1. The molecule has 2 heteroatoms. The molecule has 1 atom stereocenters. The second kappa shape index (κ2) is 4.15. The van der Waals surface area contributed by atoms with Crippen LogP contribution in [0.4, 0.5) is 0 Å². The molecule has 2 aromatic rings. The van der Waals surface area contributed by atoms with Gasteiger partial charge in [0, 0.05) is 9.79 Å². The van der Waals surface area contributed by atoms with Crippen LogP contribution in [-0.2, 0) is 6.42 Å². The Morgan fingerprint density at radius 1 is 0.938 bits per heavy atom. The van der Waals surface area contributed by atoms with E-state index in [-0.39, 0.29) is 5.38 Å². The minimum absolute atomic E-state index is 0.0901. The summed E-state index contributed by atoms with van der Waals surface area (Å²) in [5, 5.41) is 0.0901.